The van der Waals surface area contributed by atoms with Crippen LogP contribution in [0.3, 0.4) is 0 Å². The van der Waals surface area contributed by atoms with Crippen molar-refractivity contribution < 1.29 is 9.53 Å². The predicted octanol–water partition coefficient (Wildman–Crippen LogP) is 6.28. The summed E-state index contributed by atoms with van der Waals surface area (Å²) in [6.07, 6.45) is 0. The minimum Gasteiger partial charge on any atom is -0.495 e. The molecular weight excluding hydrogens is 456 g/mol. The van der Waals surface area contributed by atoms with Gasteiger partial charge in [-0.15, -0.1) is 10.2 Å². The van der Waals surface area contributed by atoms with Gasteiger partial charge in [0.05, 0.1) is 18.6 Å². The molecule has 35 heavy (non-hydrogen) atoms. The van der Waals surface area contributed by atoms with Crippen LogP contribution in [0.5, 0.6) is 5.75 Å². The summed E-state index contributed by atoms with van der Waals surface area (Å²) in [5.74, 6) is 1.41. The molecule has 7 heteroatoms. The molecule has 0 saturated carbocycles. The van der Waals surface area contributed by atoms with Crippen molar-refractivity contribution in [2.75, 3.05) is 18.2 Å². The molecule has 0 aliphatic heterocycles. The number of methoxy groups -OCH3 is 1. The Hall–Kier alpha value is -3.58. The van der Waals surface area contributed by atoms with E-state index in [1.54, 1.807) is 7.11 Å². The van der Waals surface area contributed by atoms with Gasteiger partial charge < -0.3 is 10.1 Å². The van der Waals surface area contributed by atoms with Crippen LogP contribution in [0.15, 0.2) is 78.0 Å². The van der Waals surface area contributed by atoms with Crippen LogP contribution < -0.4 is 10.1 Å². The van der Waals surface area contributed by atoms with E-state index in [0.717, 1.165) is 22.6 Å². The van der Waals surface area contributed by atoms with Gasteiger partial charge in [0.25, 0.3) is 0 Å². The van der Waals surface area contributed by atoms with Crippen LogP contribution in [-0.4, -0.2) is 33.5 Å². The molecule has 1 aromatic heterocycles. The predicted molar refractivity (Wildman–Crippen MR) is 143 cm³/mol. The number of amides is 1. The number of nitrogens with zero attached hydrogens (tertiary/aromatic N) is 3. The van der Waals surface area contributed by atoms with Crippen molar-refractivity contribution >= 4 is 23.4 Å². The van der Waals surface area contributed by atoms with Gasteiger partial charge in [-0.2, -0.15) is 0 Å². The Kier molecular flexibility index (Phi) is 7.26. The SMILES string of the molecule is COc1ccc(C)cc1NC(=O)CSc1nnc(-c2ccc(C(C)(C)C)cc2)n1-c1ccccc1. The van der Waals surface area contributed by atoms with Crippen molar-refractivity contribution in [2.24, 2.45) is 0 Å². The maximum Gasteiger partial charge on any atom is 0.234 e. The molecule has 3 aromatic carbocycles. The third-order valence-corrected chi connectivity index (χ3v) is 6.55. The average Bonchev–Trinajstić information content (AvgIpc) is 3.27. The highest BCUT2D eigenvalue weighted by Gasteiger charge is 2.19. The molecular formula is C28H30N4O2S. The molecule has 1 heterocycles. The molecule has 6 nitrogen and oxygen atoms in total. The van der Waals surface area contributed by atoms with Gasteiger partial charge in [-0.3, -0.25) is 9.36 Å². The second-order valence-electron chi connectivity index (χ2n) is 9.35. The topological polar surface area (TPSA) is 69.0 Å². The van der Waals surface area contributed by atoms with Crippen LogP contribution in [0.25, 0.3) is 17.1 Å². The lowest BCUT2D eigenvalue weighted by molar-refractivity contribution is -0.113. The first kappa shape index (κ1) is 24.5. The molecule has 0 unspecified atom stereocenters. The standard InChI is InChI=1S/C28H30N4O2S/c1-19-11-16-24(34-5)23(17-19)29-25(33)18-35-27-31-30-26(32(27)22-9-7-6-8-10-22)20-12-14-21(15-13-20)28(2,3)4/h6-17H,18H2,1-5H3,(H,29,33). The summed E-state index contributed by atoms with van der Waals surface area (Å²) in [5.41, 5.74) is 4.93. The number of anilines is 1. The van der Waals surface area contributed by atoms with Crippen molar-refractivity contribution in [1.82, 2.24) is 14.8 Å². The Morgan fingerprint density at radius 1 is 1.00 bits per heavy atom. The summed E-state index contributed by atoms with van der Waals surface area (Å²) in [7, 11) is 1.59. The minimum atomic E-state index is -0.141. The number of carbonyl (C=O) groups is 1. The Morgan fingerprint density at radius 2 is 1.71 bits per heavy atom. The molecule has 1 amide bonds. The first-order valence-corrected chi connectivity index (χ1v) is 12.4. The highest BCUT2D eigenvalue weighted by Crippen LogP contribution is 2.31. The lowest BCUT2D eigenvalue weighted by Crippen LogP contribution is -2.15. The number of para-hydroxylation sites is 1. The zero-order valence-electron chi connectivity index (χ0n) is 20.7. The van der Waals surface area contributed by atoms with Crippen LogP contribution >= 0.6 is 11.8 Å². The van der Waals surface area contributed by atoms with Gasteiger partial charge in [0.1, 0.15) is 5.75 Å². The molecule has 0 saturated heterocycles. The molecule has 0 spiro atoms. The number of carbonyl (C=O) groups excluding carboxylic acids is 1. The third kappa shape index (κ3) is 5.74. The number of hydrogen-bond donors (Lipinski definition) is 1. The van der Waals surface area contributed by atoms with Gasteiger partial charge in [-0.25, -0.2) is 0 Å². The number of aryl methyl sites for hydroxylation is 1. The zero-order chi connectivity index (χ0) is 25.0. The van der Waals surface area contributed by atoms with Crippen LogP contribution in [-0.2, 0) is 10.2 Å². The van der Waals surface area contributed by atoms with E-state index in [0.29, 0.717) is 16.6 Å². The zero-order valence-corrected chi connectivity index (χ0v) is 21.5. The summed E-state index contributed by atoms with van der Waals surface area (Å²) >= 11 is 1.35. The maximum atomic E-state index is 12.8. The van der Waals surface area contributed by atoms with E-state index in [4.69, 9.17) is 4.74 Å². The average molecular weight is 487 g/mol. The molecule has 180 valence electrons. The van der Waals surface area contributed by atoms with Crippen molar-refractivity contribution in [3.63, 3.8) is 0 Å². The van der Waals surface area contributed by atoms with E-state index >= 15 is 0 Å². The molecule has 0 aliphatic carbocycles. The number of thioether (sulfide) groups is 1. The van der Waals surface area contributed by atoms with Crippen molar-refractivity contribution in [3.8, 4) is 22.8 Å². The number of hydrogen-bond acceptors (Lipinski definition) is 5. The first-order chi connectivity index (χ1) is 16.8. The van der Waals surface area contributed by atoms with Gasteiger partial charge in [0, 0.05) is 11.3 Å². The molecule has 0 aliphatic rings. The van der Waals surface area contributed by atoms with E-state index in [9.17, 15) is 4.79 Å². The number of benzene rings is 3. The normalized spacial score (nSPS) is 11.3. The largest absolute Gasteiger partial charge is 0.495 e. The summed E-state index contributed by atoms with van der Waals surface area (Å²) in [4.78, 5) is 12.8. The van der Waals surface area contributed by atoms with Crippen LogP contribution in [0, 0.1) is 6.92 Å². The maximum absolute atomic E-state index is 12.8. The molecule has 0 bridgehead atoms. The van der Waals surface area contributed by atoms with E-state index < -0.39 is 0 Å². The Morgan fingerprint density at radius 3 is 2.37 bits per heavy atom. The molecule has 0 atom stereocenters. The van der Waals surface area contributed by atoms with Gasteiger partial charge >= 0.3 is 0 Å². The van der Waals surface area contributed by atoms with Gasteiger partial charge in [0.2, 0.25) is 5.91 Å². The van der Waals surface area contributed by atoms with E-state index in [1.807, 2.05) is 60.0 Å². The smallest absolute Gasteiger partial charge is 0.234 e. The second-order valence-corrected chi connectivity index (χ2v) is 10.3. The fraction of sp³-hybridized carbons (Fsp3) is 0.250. The van der Waals surface area contributed by atoms with Crippen LogP contribution in [0.4, 0.5) is 5.69 Å². The molecule has 4 aromatic rings. The fourth-order valence-electron chi connectivity index (χ4n) is 3.72. The quantitative estimate of drug-likeness (QED) is 0.311. The van der Waals surface area contributed by atoms with Gasteiger partial charge in [-0.1, -0.05) is 81.1 Å². The minimum absolute atomic E-state index is 0.0694. The highest BCUT2D eigenvalue weighted by atomic mass is 32.2. The van der Waals surface area contributed by atoms with Crippen molar-refractivity contribution in [2.45, 2.75) is 38.3 Å². The number of aromatic nitrogens is 3. The first-order valence-electron chi connectivity index (χ1n) is 11.5. The summed E-state index contributed by atoms with van der Waals surface area (Å²) in [5, 5.41) is 12.5. The Labute approximate surface area is 210 Å². The third-order valence-electron chi connectivity index (χ3n) is 5.62. The number of rotatable bonds is 7. The summed E-state index contributed by atoms with van der Waals surface area (Å²) in [6.45, 7) is 8.56. The van der Waals surface area contributed by atoms with Gasteiger partial charge in [-0.05, 0) is 47.7 Å². The Balaban J connectivity index is 1.59. The second kappa shape index (κ2) is 10.4. The van der Waals surface area contributed by atoms with Crippen molar-refractivity contribution in [3.05, 3.63) is 83.9 Å². The summed E-state index contributed by atoms with van der Waals surface area (Å²) in [6, 6.07) is 24.1. The highest BCUT2D eigenvalue weighted by molar-refractivity contribution is 7.99. The molecule has 4 rings (SSSR count). The fourth-order valence-corrected chi connectivity index (χ4v) is 4.47. The molecule has 1 N–H and O–H groups in total. The van der Waals surface area contributed by atoms with E-state index in [2.05, 4.69) is 60.6 Å². The summed E-state index contributed by atoms with van der Waals surface area (Å²) < 4.78 is 7.37. The number of nitrogens with one attached hydrogen (secondary N) is 1. The lowest BCUT2D eigenvalue weighted by atomic mass is 9.87. The number of ether oxygens (including phenoxy) is 1. The lowest BCUT2D eigenvalue weighted by Gasteiger charge is -2.19. The van der Waals surface area contributed by atoms with Gasteiger partial charge in [0.15, 0.2) is 11.0 Å². The van der Waals surface area contributed by atoms with Crippen molar-refractivity contribution in [1.29, 1.82) is 0 Å². The Bertz CT molecular complexity index is 1310. The van der Waals surface area contributed by atoms with Crippen LogP contribution in [0.1, 0.15) is 31.9 Å². The van der Waals surface area contributed by atoms with Crippen LogP contribution in [0.2, 0.25) is 0 Å². The molecule has 0 radical (unpaired) electrons. The monoisotopic (exact) mass is 486 g/mol. The van der Waals surface area contributed by atoms with E-state index in [1.165, 1.54) is 17.3 Å². The molecule has 0 fully saturated rings. The van der Waals surface area contributed by atoms with E-state index in [-0.39, 0.29) is 17.1 Å².